The lowest BCUT2D eigenvalue weighted by Gasteiger charge is -2.17. The van der Waals surface area contributed by atoms with Gasteiger partial charge in [-0.2, -0.15) is 0 Å². The second kappa shape index (κ2) is 5.11. The van der Waals surface area contributed by atoms with Gasteiger partial charge in [0.1, 0.15) is 12.4 Å². The first-order chi connectivity index (χ1) is 9.69. The molecule has 2 N–H and O–H groups in total. The van der Waals surface area contributed by atoms with Crippen molar-refractivity contribution in [2.24, 2.45) is 9.98 Å². The first kappa shape index (κ1) is 12.9. The predicted molar refractivity (Wildman–Crippen MR) is 77.4 cm³/mol. The molecule has 102 valence electrons. The van der Waals surface area contributed by atoms with Crippen molar-refractivity contribution in [3.63, 3.8) is 0 Å². The van der Waals surface area contributed by atoms with Crippen LogP contribution >= 0.6 is 11.6 Å². The van der Waals surface area contributed by atoms with Crippen LogP contribution in [0.2, 0.25) is 5.02 Å². The number of H-pyrrole nitrogens is 1. The number of benzene rings is 1. The highest BCUT2D eigenvalue weighted by molar-refractivity contribution is 6.30. The lowest BCUT2D eigenvalue weighted by molar-refractivity contribution is -0.0122. The molecule has 0 saturated heterocycles. The number of nitrogens with zero attached hydrogens (tertiary/aromatic N) is 3. The summed E-state index contributed by atoms with van der Waals surface area (Å²) in [5, 5.41) is 13.6. The fraction of sp³-hybridized carbons (Fsp3) is 0.143. The Morgan fingerprint density at radius 3 is 2.95 bits per heavy atom. The molecule has 0 aliphatic carbocycles. The molecule has 0 radical (unpaired) electrons. The van der Waals surface area contributed by atoms with Crippen LogP contribution in [0.4, 0.5) is 0 Å². The molecule has 6 heteroatoms. The number of aromatic nitrogens is 1. The second-order valence-electron chi connectivity index (χ2n) is 4.40. The van der Waals surface area contributed by atoms with Gasteiger partial charge in [-0.3, -0.25) is 10.2 Å². The summed E-state index contributed by atoms with van der Waals surface area (Å²) in [6.45, 7) is 0.219. The highest BCUT2D eigenvalue weighted by Gasteiger charge is 2.17. The number of aromatic amines is 1. The molecule has 20 heavy (non-hydrogen) atoms. The van der Waals surface area contributed by atoms with Crippen LogP contribution in [0.5, 0.6) is 0 Å². The van der Waals surface area contributed by atoms with Crippen LogP contribution in [0.25, 0.3) is 5.70 Å². The Kier molecular flexibility index (Phi) is 3.30. The van der Waals surface area contributed by atoms with Crippen LogP contribution in [0.3, 0.4) is 0 Å². The monoisotopic (exact) mass is 288 g/mol. The Hall–Kier alpha value is -2.11. The third kappa shape index (κ3) is 2.21. The number of nitrogens with one attached hydrogen (secondary N) is 1. The van der Waals surface area contributed by atoms with E-state index in [0.717, 1.165) is 21.3 Å². The zero-order valence-corrected chi connectivity index (χ0v) is 11.6. The molecule has 0 bridgehead atoms. The normalized spacial score (nSPS) is 16.9. The minimum Gasteiger partial charge on any atom is -0.360 e. The Morgan fingerprint density at radius 1 is 1.40 bits per heavy atom. The Morgan fingerprint density at radius 2 is 2.25 bits per heavy atom. The topological polar surface area (TPSA) is 64.0 Å². The number of rotatable bonds is 1. The van der Waals surface area contributed by atoms with E-state index in [1.807, 2.05) is 18.2 Å². The molecule has 2 aromatic rings. The van der Waals surface area contributed by atoms with E-state index in [4.69, 9.17) is 11.6 Å². The maximum atomic E-state index is 10.4. The quantitative estimate of drug-likeness (QED) is 0.827. The molecule has 0 unspecified atom stereocenters. The molecule has 1 aliphatic heterocycles. The molecule has 2 heterocycles. The third-order valence-corrected chi connectivity index (χ3v) is 3.36. The highest BCUT2D eigenvalue weighted by atomic mass is 35.5. The molecule has 0 atom stereocenters. The first-order valence-electron chi connectivity index (χ1n) is 6.13. The van der Waals surface area contributed by atoms with Crippen LogP contribution in [-0.2, 0) is 0 Å². The predicted octanol–water partition coefficient (Wildman–Crippen LogP) is 1.18. The Balaban J connectivity index is 2.43. The zero-order chi connectivity index (χ0) is 14.1. The van der Waals surface area contributed by atoms with Crippen molar-refractivity contribution in [2.45, 2.75) is 0 Å². The molecular formula is C14H13ClN4O. The number of halogens is 1. The Bertz CT molecular complexity index is 780. The fourth-order valence-electron chi connectivity index (χ4n) is 2.20. The van der Waals surface area contributed by atoms with Gasteiger partial charge in [0.25, 0.3) is 0 Å². The van der Waals surface area contributed by atoms with E-state index >= 15 is 0 Å². The summed E-state index contributed by atoms with van der Waals surface area (Å²) >= 11 is 6.08. The van der Waals surface area contributed by atoms with Gasteiger partial charge in [0.15, 0.2) is 0 Å². The number of aliphatic imine (C=N–C) groups is 1. The zero-order valence-electron chi connectivity index (χ0n) is 10.8. The average Bonchev–Trinajstić information content (AvgIpc) is 2.90. The van der Waals surface area contributed by atoms with E-state index < -0.39 is 0 Å². The SMILES string of the molecule is CN=C1CN(O)C(c2ccc[nH]2)=c2cc(Cl)ccc2=N1. The van der Waals surface area contributed by atoms with E-state index in [0.29, 0.717) is 16.6 Å². The molecule has 1 aromatic heterocycles. The third-order valence-electron chi connectivity index (χ3n) is 3.12. The Labute approximate surface area is 120 Å². The van der Waals surface area contributed by atoms with E-state index in [1.165, 1.54) is 0 Å². The number of hydrogen-bond acceptors (Lipinski definition) is 3. The lowest BCUT2D eigenvalue weighted by atomic mass is 10.2. The molecule has 1 aliphatic rings. The summed E-state index contributed by atoms with van der Waals surface area (Å²) in [5.74, 6) is 0.553. The highest BCUT2D eigenvalue weighted by Crippen LogP contribution is 2.14. The molecule has 0 saturated carbocycles. The average molecular weight is 289 g/mol. The molecular weight excluding hydrogens is 276 g/mol. The van der Waals surface area contributed by atoms with Crippen LogP contribution in [-0.4, -0.2) is 34.7 Å². The van der Waals surface area contributed by atoms with Crippen molar-refractivity contribution < 1.29 is 5.21 Å². The van der Waals surface area contributed by atoms with Gasteiger partial charge >= 0.3 is 0 Å². The van der Waals surface area contributed by atoms with Crippen molar-refractivity contribution in [2.75, 3.05) is 13.6 Å². The summed E-state index contributed by atoms with van der Waals surface area (Å²) in [5.41, 5.74) is 1.43. The molecule has 1 aromatic carbocycles. The summed E-state index contributed by atoms with van der Waals surface area (Å²) in [6, 6.07) is 9.15. The number of hydrogen-bond donors (Lipinski definition) is 2. The standard InChI is InChI=1S/C14H13ClN4O/c1-16-13-8-19(20)14(12-3-2-6-17-12)10-7-9(15)4-5-11(10)18-13/h2-7,17,20H,8H2,1H3. The largest absolute Gasteiger partial charge is 0.360 e. The van der Waals surface area contributed by atoms with Gasteiger partial charge < -0.3 is 4.98 Å². The van der Waals surface area contributed by atoms with Crippen LogP contribution in [0.15, 0.2) is 46.5 Å². The minimum atomic E-state index is 0.219. The van der Waals surface area contributed by atoms with Crippen LogP contribution < -0.4 is 10.6 Å². The smallest absolute Gasteiger partial charge is 0.145 e. The van der Waals surface area contributed by atoms with E-state index in [-0.39, 0.29) is 6.54 Å². The van der Waals surface area contributed by atoms with Crippen molar-refractivity contribution in [3.05, 3.63) is 57.8 Å². The van der Waals surface area contributed by atoms with Gasteiger partial charge in [-0.05, 0) is 30.3 Å². The number of fused-ring (bicyclic) bond motifs is 1. The van der Waals surface area contributed by atoms with Gasteiger partial charge in [0.2, 0.25) is 0 Å². The molecule has 0 amide bonds. The van der Waals surface area contributed by atoms with Crippen LogP contribution in [0.1, 0.15) is 5.69 Å². The van der Waals surface area contributed by atoms with E-state index in [1.54, 1.807) is 25.4 Å². The first-order valence-corrected chi connectivity index (χ1v) is 6.51. The number of amidine groups is 1. The summed E-state index contributed by atoms with van der Waals surface area (Å²) in [7, 11) is 1.65. The fourth-order valence-corrected chi connectivity index (χ4v) is 2.38. The summed E-state index contributed by atoms with van der Waals surface area (Å²) in [6.07, 6.45) is 1.80. The van der Waals surface area contributed by atoms with Gasteiger partial charge in [0, 0.05) is 23.5 Å². The second-order valence-corrected chi connectivity index (χ2v) is 4.84. The van der Waals surface area contributed by atoms with Gasteiger partial charge in [0.05, 0.1) is 16.7 Å². The summed E-state index contributed by atoms with van der Waals surface area (Å²) < 4.78 is 0. The van der Waals surface area contributed by atoms with Crippen LogP contribution in [0, 0.1) is 0 Å². The molecule has 3 rings (SSSR count). The summed E-state index contributed by atoms with van der Waals surface area (Å²) in [4.78, 5) is 11.6. The van der Waals surface area contributed by atoms with Gasteiger partial charge in [-0.25, -0.2) is 10.1 Å². The van der Waals surface area contributed by atoms with Crippen molar-refractivity contribution in [1.29, 1.82) is 0 Å². The van der Waals surface area contributed by atoms with E-state index in [2.05, 4.69) is 15.0 Å². The van der Waals surface area contributed by atoms with Crippen molar-refractivity contribution in [3.8, 4) is 0 Å². The van der Waals surface area contributed by atoms with Crippen molar-refractivity contribution >= 4 is 23.1 Å². The maximum absolute atomic E-state index is 10.4. The molecule has 0 spiro atoms. The molecule has 5 nitrogen and oxygen atoms in total. The minimum absolute atomic E-state index is 0.219. The van der Waals surface area contributed by atoms with Gasteiger partial charge in [-0.1, -0.05) is 11.6 Å². The van der Waals surface area contributed by atoms with E-state index in [9.17, 15) is 5.21 Å². The number of hydroxylamine groups is 2. The molecule has 0 fully saturated rings. The van der Waals surface area contributed by atoms with Crippen molar-refractivity contribution in [1.82, 2.24) is 10.0 Å². The lowest BCUT2D eigenvalue weighted by Crippen LogP contribution is -2.32. The van der Waals surface area contributed by atoms with Gasteiger partial charge in [-0.15, -0.1) is 0 Å². The maximum Gasteiger partial charge on any atom is 0.145 e.